The number of hydrogen-bond donors (Lipinski definition) is 1. The smallest absolute Gasteiger partial charge is 0.229 e. The number of methoxy groups -OCH3 is 1. The van der Waals surface area contributed by atoms with Gasteiger partial charge in [0.1, 0.15) is 11.5 Å². The summed E-state index contributed by atoms with van der Waals surface area (Å²) in [6, 6.07) is 6.12. The van der Waals surface area contributed by atoms with Gasteiger partial charge in [0.15, 0.2) is 15.7 Å². The highest BCUT2D eigenvalue weighted by atomic mass is 32.2. The second-order valence-corrected chi connectivity index (χ2v) is 6.73. The monoisotopic (exact) mass is 323 g/mol. The highest BCUT2D eigenvalue weighted by Crippen LogP contribution is 2.19. The first-order chi connectivity index (χ1) is 10.3. The number of ether oxygens (including phenoxy) is 1. The third-order valence-electron chi connectivity index (χ3n) is 2.82. The predicted molar refractivity (Wildman–Crippen MR) is 82.5 cm³/mol. The lowest BCUT2D eigenvalue weighted by Gasteiger charge is -2.11. The first-order valence-corrected chi connectivity index (χ1v) is 8.01. The van der Waals surface area contributed by atoms with E-state index >= 15 is 0 Å². The van der Waals surface area contributed by atoms with Crippen molar-refractivity contribution in [3.8, 4) is 5.75 Å². The van der Waals surface area contributed by atoms with Crippen molar-refractivity contribution in [3.05, 3.63) is 30.1 Å². The molecule has 22 heavy (non-hydrogen) atoms. The third-order valence-corrected chi connectivity index (χ3v) is 4.45. The molecule has 1 aromatic heterocycles. The molecular weight excluding hydrogens is 306 g/mol. The van der Waals surface area contributed by atoms with E-state index in [-0.39, 0.29) is 22.4 Å². The summed E-state index contributed by atoms with van der Waals surface area (Å²) in [5, 5.41) is 0. The van der Waals surface area contributed by atoms with Crippen molar-refractivity contribution >= 4 is 21.7 Å². The summed E-state index contributed by atoms with van der Waals surface area (Å²) >= 11 is 0. The van der Waals surface area contributed by atoms with Crippen LogP contribution in [0.15, 0.2) is 29.2 Å². The molecule has 9 heteroatoms. The van der Waals surface area contributed by atoms with E-state index in [0.717, 1.165) is 0 Å². The molecule has 0 aliphatic carbocycles. The van der Waals surface area contributed by atoms with Gasteiger partial charge in [-0.15, -0.1) is 0 Å². The maximum atomic E-state index is 12.4. The standard InChI is InChI=1S/C13H17N5O3S/c1-18(2)13-16-11(15-12(14)17-13)8-22(19,20)10-6-4-9(21-3)5-7-10/h4-7H,8H2,1-3H3,(H2,14,15,16,17). The molecule has 0 aliphatic heterocycles. The summed E-state index contributed by atoms with van der Waals surface area (Å²) < 4.78 is 29.8. The number of nitrogens with zero attached hydrogens (tertiary/aromatic N) is 4. The van der Waals surface area contributed by atoms with Crippen LogP contribution in [0.1, 0.15) is 5.82 Å². The van der Waals surface area contributed by atoms with Crippen molar-refractivity contribution in [2.24, 2.45) is 0 Å². The van der Waals surface area contributed by atoms with Gasteiger partial charge in [0.2, 0.25) is 11.9 Å². The molecule has 0 amide bonds. The van der Waals surface area contributed by atoms with Gasteiger partial charge in [0.05, 0.1) is 12.0 Å². The molecule has 2 rings (SSSR count). The fraction of sp³-hybridized carbons (Fsp3) is 0.308. The van der Waals surface area contributed by atoms with Crippen molar-refractivity contribution in [3.63, 3.8) is 0 Å². The SMILES string of the molecule is COc1ccc(S(=O)(=O)Cc2nc(N)nc(N(C)C)n2)cc1. The Morgan fingerprint density at radius 3 is 2.32 bits per heavy atom. The molecule has 0 atom stereocenters. The van der Waals surface area contributed by atoms with Crippen LogP contribution in [0.4, 0.5) is 11.9 Å². The number of rotatable bonds is 5. The average molecular weight is 323 g/mol. The highest BCUT2D eigenvalue weighted by molar-refractivity contribution is 7.90. The number of aromatic nitrogens is 3. The van der Waals surface area contributed by atoms with Crippen molar-refractivity contribution in [2.75, 3.05) is 31.8 Å². The van der Waals surface area contributed by atoms with E-state index in [2.05, 4.69) is 15.0 Å². The lowest BCUT2D eigenvalue weighted by Crippen LogP contribution is -2.17. The maximum Gasteiger partial charge on any atom is 0.229 e. The number of nitrogens with two attached hydrogens (primary N) is 1. The minimum atomic E-state index is -3.58. The molecule has 0 unspecified atom stereocenters. The Kier molecular flexibility index (Phi) is 4.45. The summed E-state index contributed by atoms with van der Waals surface area (Å²) in [7, 11) is 1.40. The predicted octanol–water partition coefficient (Wildman–Crippen LogP) is 0.502. The van der Waals surface area contributed by atoms with Crippen molar-refractivity contribution in [1.29, 1.82) is 0 Å². The van der Waals surface area contributed by atoms with Gasteiger partial charge < -0.3 is 15.4 Å². The number of sulfone groups is 1. The normalized spacial score (nSPS) is 11.2. The number of anilines is 2. The topological polar surface area (TPSA) is 111 Å². The van der Waals surface area contributed by atoms with Gasteiger partial charge in [-0.1, -0.05) is 0 Å². The maximum absolute atomic E-state index is 12.4. The van der Waals surface area contributed by atoms with E-state index < -0.39 is 9.84 Å². The first-order valence-electron chi connectivity index (χ1n) is 6.36. The largest absolute Gasteiger partial charge is 0.497 e. The van der Waals surface area contributed by atoms with E-state index in [9.17, 15) is 8.42 Å². The quantitative estimate of drug-likeness (QED) is 0.847. The Labute approximate surface area is 128 Å². The van der Waals surface area contributed by atoms with Crippen molar-refractivity contribution < 1.29 is 13.2 Å². The lowest BCUT2D eigenvalue weighted by atomic mass is 10.3. The minimum Gasteiger partial charge on any atom is -0.497 e. The third kappa shape index (κ3) is 3.61. The zero-order chi connectivity index (χ0) is 16.3. The number of nitrogen functional groups attached to an aromatic ring is 1. The Hall–Kier alpha value is -2.42. The van der Waals surface area contributed by atoms with Crippen LogP contribution in [0.25, 0.3) is 0 Å². The van der Waals surface area contributed by atoms with Gasteiger partial charge in [-0.3, -0.25) is 0 Å². The Morgan fingerprint density at radius 1 is 1.14 bits per heavy atom. The summed E-state index contributed by atoms with van der Waals surface area (Å²) in [6.45, 7) is 0. The average Bonchev–Trinajstić information content (AvgIpc) is 2.46. The fourth-order valence-corrected chi connectivity index (χ4v) is 2.91. The van der Waals surface area contributed by atoms with Crippen LogP contribution < -0.4 is 15.4 Å². The molecule has 0 aliphatic rings. The number of benzene rings is 1. The summed E-state index contributed by atoms with van der Waals surface area (Å²) in [6.07, 6.45) is 0. The van der Waals surface area contributed by atoms with Crippen LogP contribution in [0.5, 0.6) is 5.75 Å². The Morgan fingerprint density at radius 2 is 1.77 bits per heavy atom. The molecule has 0 spiro atoms. The van der Waals surface area contributed by atoms with E-state index in [1.807, 2.05) is 0 Å². The van der Waals surface area contributed by atoms with Gasteiger partial charge >= 0.3 is 0 Å². The van der Waals surface area contributed by atoms with E-state index in [0.29, 0.717) is 11.7 Å². The molecule has 1 heterocycles. The lowest BCUT2D eigenvalue weighted by molar-refractivity contribution is 0.414. The van der Waals surface area contributed by atoms with Crippen LogP contribution in [0.2, 0.25) is 0 Å². The summed E-state index contributed by atoms with van der Waals surface area (Å²) in [5.74, 6) is 0.628. The molecule has 8 nitrogen and oxygen atoms in total. The molecule has 0 fully saturated rings. The van der Waals surface area contributed by atoms with E-state index in [1.165, 1.54) is 19.2 Å². The molecule has 0 saturated heterocycles. The van der Waals surface area contributed by atoms with Gasteiger partial charge in [-0.25, -0.2) is 8.42 Å². The van der Waals surface area contributed by atoms with E-state index in [1.54, 1.807) is 31.1 Å². The Balaban J connectivity index is 2.31. The Bertz CT molecular complexity index is 760. The van der Waals surface area contributed by atoms with Gasteiger partial charge in [-0.2, -0.15) is 15.0 Å². The highest BCUT2D eigenvalue weighted by Gasteiger charge is 2.19. The molecule has 0 radical (unpaired) electrons. The zero-order valence-corrected chi connectivity index (χ0v) is 13.3. The van der Waals surface area contributed by atoms with Crippen LogP contribution in [-0.2, 0) is 15.6 Å². The zero-order valence-electron chi connectivity index (χ0n) is 12.5. The first kappa shape index (κ1) is 16.0. The molecule has 118 valence electrons. The fourth-order valence-electron chi connectivity index (χ4n) is 1.73. The second-order valence-electron chi connectivity index (χ2n) is 4.74. The van der Waals surface area contributed by atoms with Gasteiger partial charge in [0.25, 0.3) is 0 Å². The van der Waals surface area contributed by atoms with Crippen LogP contribution >= 0.6 is 0 Å². The van der Waals surface area contributed by atoms with Crippen LogP contribution in [0.3, 0.4) is 0 Å². The summed E-state index contributed by atoms with van der Waals surface area (Å²) in [5.41, 5.74) is 5.59. The summed E-state index contributed by atoms with van der Waals surface area (Å²) in [4.78, 5) is 13.7. The molecule has 0 bridgehead atoms. The molecular formula is C13H17N5O3S. The van der Waals surface area contributed by atoms with Gasteiger partial charge in [0, 0.05) is 14.1 Å². The van der Waals surface area contributed by atoms with Gasteiger partial charge in [-0.05, 0) is 24.3 Å². The molecule has 2 N–H and O–H groups in total. The van der Waals surface area contributed by atoms with Crippen molar-refractivity contribution in [2.45, 2.75) is 10.6 Å². The van der Waals surface area contributed by atoms with E-state index in [4.69, 9.17) is 10.5 Å². The van der Waals surface area contributed by atoms with Crippen LogP contribution in [-0.4, -0.2) is 44.6 Å². The van der Waals surface area contributed by atoms with Crippen molar-refractivity contribution in [1.82, 2.24) is 15.0 Å². The molecule has 0 saturated carbocycles. The minimum absolute atomic E-state index is 0.0152. The molecule has 1 aromatic carbocycles. The molecule has 2 aromatic rings. The van der Waals surface area contributed by atoms with Crippen LogP contribution in [0, 0.1) is 0 Å². The number of hydrogen-bond acceptors (Lipinski definition) is 8. The second kappa shape index (κ2) is 6.14.